The second-order valence-electron chi connectivity index (χ2n) is 14.1. The van der Waals surface area contributed by atoms with E-state index in [0.717, 1.165) is 38.5 Å². The van der Waals surface area contributed by atoms with E-state index in [-0.39, 0.29) is 12.5 Å². The van der Waals surface area contributed by atoms with Gasteiger partial charge in [-0.1, -0.05) is 162 Å². The lowest BCUT2D eigenvalue weighted by atomic mass is 9.99. The molecule has 1 saturated heterocycles. The summed E-state index contributed by atoms with van der Waals surface area (Å²) in [5.41, 5.74) is 0. The van der Waals surface area contributed by atoms with Crippen LogP contribution in [0.2, 0.25) is 0 Å². The zero-order valence-electron chi connectivity index (χ0n) is 30.3. The molecule has 0 spiro atoms. The maximum Gasteiger partial charge on any atom is 0.220 e. The normalized spacial score (nSPS) is 22.7. The quantitative estimate of drug-likeness (QED) is 0.0426. The van der Waals surface area contributed by atoms with Crippen LogP contribution in [0.25, 0.3) is 0 Å². The van der Waals surface area contributed by atoms with Gasteiger partial charge in [-0.2, -0.15) is 0 Å². The molecule has 0 aromatic heterocycles. The molecule has 6 N–H and O–H groups in total. The third-order valence-electron chi connectivity index (χ3n) is 9.71. The summed E-state index contributed by atoms with van der Waals surface area (Å²) >= 11 is 0. The number of ether oxygens (including phenoxy) is 2. The van der Waals surface area contributed by atoms with Gasteiger partial charge < -0.3 is 40.3 Å². The third-order valence-corrected chi connectivity index (χ3v) is 9.71. The number of aliphatic hydroxyl groups is 5. The van der Waals surface area contributed by atoms with E-state index < -0.39 is 49.5 Å². The fraction of sp³-hybridized carbons (Fsp3) is 0.974. The van der Waals surface area contributed by atoms with Gasteiger partial charge in [0, 0.05) is 6.42 Å². The topological polar surface area (TPSA) is 149 Å². The number of amides is 1. The number of unbranched alkanes of at least 4 members (excludes halogenated alkanes) is 22. The Morgan fingerprint density at radius 1 is 0.638 bits per heavy atom. The van der Waals surface area contributed by atoms with E-state index in [9.17, 15) is 30.3 Å². The van der Waals surface area contributed by atoms with Crippen molar-refractivity contribution in [2.75, 3.05) is 13.2 Å². The highest BCUT2D eigenvalue weighted by Crippen LogP contribution is 2.23. The Morgan fingerprint density at radius 2 is 1.06 bits per heavy atom. The van der Waals surface area contributed by atoms with Crippen LogP contribution in [-0.2, 0) is 14.3 Å². The van der Waals surface area contributed by atoms with Gasteiger partial charge in [0.1, 0.15) is 24.4 Å². The first kappa shape index (κ1) is 44.2. The Bertz CT molecular complexity index is 711. The van der Waals surface area contributed by atoms with E-state index >= 15 is 0 Å². The van der Waals surface area contributed by atoms with Gasteiger partial charge in [-0.25, -0.2) is 0 Å². The molecule has 0 aromatic rings. The molecule has 0 radical (unpaired) electrons. The van der Waals surface area contributed by atoms with E-state index in [1.165, 1.54) is 116 Å². The molecule has 7 atom stereocenters. The minimum absolute atomic E-state index is 0.133. The number of aliphatic hydroxyl groups excluding tert-OH is 5. The summed E-state index contributed by atoms with van der Waals surface area (Å²) in [7, 11) is 0. The van der Waals surface area contributed by atoms with Crippen molar-refractivity contribution in [1.82, 2.24) is 5.32 Å². The number of carbonyl (C=O) groups excluding carboxylic acids is 1. The molecule has 0 unspecified atom stereocenters. The third kappa shape index (κ3) is 21.8. The molecule has 0 saturated carbocycles. The molecule has 9 nitrogen and oxygen atoms in total. The molecule has 1 amide bonds. The molecule has 1 aliphatic heterocycles. The lowest BCUT2D eigenvalue weighted by Crippen LogP contribution is -2.60. The summed E-state index contributed by atoms with van der Waals surface area (Å²) in [6.45, 7) is 3.81. The van der Waals surface area contributed by atoms with E-state index in [1.54, 1.807) is 0 Å². The molecular formula is C38H75NO8. The maximum atomic E-state index is 12.9. The van der Waals surface area contributed by atoms with Gasteiger partial charge in [-0.05, 0) is 12.8 Å². The van der Waals surface area contributed by atoms with Crippen molar-refractivity contribution < 1.29 is 39.8 Å². The predicted octanol–water partition coefficient (Wildman–Crippen LogP) is 6.83. The van der Waals surface area contributed by atoms with Crippen molar-refractivity contribution in [1.29, 1.82) is 0 Å². The summed E-state index contributed by atoms with van der Waals surface area (Å²) < 4.78 is 11.2. The molecular weight excluding hydrogens is 598 g/mol. The van der Waals surface area contributed by atoms with E-state index in [2.05, 4.69) is 19.2 Å². The SMILES string of the molecule is CCCCCCCCCCCCCCC[C@@H](O)[C@@H](CO[C@@H]1O[C@H](CO)[C@H](O)[C@H](O)[C@H]1O)NC(=O)CCCCCCCCCCCCC. The molecule has 0 aliphatic carbocycles. The van der Waals surface area contributed by atoms with Crippen LogP contribution >= 0.6 is 0 Å². The first-order valence-electron chi connectivity index (χ1n) is 19.7. The van der Waals surface area contributed by atoms with Crippen molar-refractivity contribution in [3.63, 3.8) is 0 Å². The van der Waals surface area contributed by atoms with Gasteiger partial charge in [-0.3, -0.25) is 4.79 Å². The zero-order valence-corrected chi connectivity index (χ0v) is 30.3. The monoisotopic (exact) mass is 674 g/mol. The minimum atomic E-state index is -1.55. The molecule has 9 heteroatoms. The highest BCUT2D eigenvalue weighted by molar-refractivity contribution is 5.76. The van der Waals surface area contributed by atoms with Crippen LogP contribution in [0, 0.1) is 0 Å². The first-order chi connectivity index (χ1) is 22.8. The number of nitrogens with one attached hydrogen (secondary N) is 1. The van der Waals surface area contributed by atoms with Gasteiger partial charge in [0.05, 0.1) is 25.4 Å². The van der Waals surface area contributed by atoms with Crippen LogP contribution in [0.15, 0.2) is 0 Å². The van der Waals surface area contributed by atoms with Crippen molar-refractivity contribution >= 4 is 5.91 Å². The standard InChI is InChI=1S/C38H75NO8/c1-3-5-7-9-11-13-15-16-18-19-21-23-25-27-32(41)31(30-46-38-37(45)36(44)35(43)33(29-40)47-38)39-34(42)28-26-24-22-20-17-14-12-10-8-6-4-2/h31-33,35-38,40-41,43-45H,3-30H2,1-2H3,(H,39,42)/t31-,32-,33-,35+,36+,37-,38-/m1/s1. The van der Waals surface area contributed by atoms with E-state index in [4.69, 9.17) is 9.47 Å². The van der Waals surface area contributed by atoms with E-state index in [1.807, 2.05) is 0 Å². The van der Waals surface area contributed by atoms with Gasteiger partial charge in [0.2, 0.25) is 5.91 Å². The predicted molar refractivity (Wildman–Crippen MR) is 189 cm³/mol. The highest BCUT2D eigenvalue weighted by atomic mass is 16.7. The summed E-state index contributed by atoms with van der Waals surface area (Å²) in [6, 6.07) is -0.708. The number of carbonyl (C=O) groups is 1. The van der Waals surface area contributed by atoms with Crippen molar-refractivity contribution in [2.24, 2.45) is 0 Å². The molecule has 0 aromatic carbocycles. The summed E-state index contributed by atoms with van der Waals surface area (Å²) in [5, 5.41) is 54.0. The van der Waals surface area contributed by atoms with Crippen LogP contribution in [-0.4, -0.2) is 87.5 Å². The molecule has 280 valence electrons. The van der Waals surface area contributed by atoms with Gasteiger partial charge >= 0.3 is 0 Å². The van der Waals surface area contributed by atoms with Crippen molar-refractivity contribution in [3.8, 4) is 0 Å². The molecule has 1 rings (SSSR count). The number of rotatable bonds is 32. The number of hydrogen-bond donors (Lipinski definition) is 6. The second kappa shape index (κ2) is 30.1. The molecule has 0 bridgehead atoms. The van der Waals surface area contributed by atoms with Crippen LogP contribution in [0.1, 0.15) is 181 Å². The average Bonchev–Trinajstić information content (AvgIpc) is 3.07. The lowest BCUT2D eigenvalue weighted by Gasteiger charge is -2.40. The summed E-state index contributed by atoms with van der Waals surface area (Å²) in [4.78, 5) is 12.9. The fourth-order valence-electron chi connectivity index (χ4n) is 6.45. The molecule has 1 fully saturated rings. The Labute approximate surface area is 287 Å². The fourth-order valence-corrected chi connectivity index (χ4v) is 6.45. The van der Waals surface area contributed by atoms with Gasteiger partial charge in [-0.15, -0.1) is 0 Å². The van der Waals surface area contributed by atoms with Crippen molar-refractivity contribution in [2.45, 2.75) is 224 Å². The zero-order chi connectivity index (χ0) is 34.5. The lowest BCUT2D eigenvalue weighted by molar-refractivity contribution is -0.302. The van der Waals surface area contributed by atoms with Crippen LogP contribution in [0.5, 0.6) is 0 Å². The number of hydrogen-bond acceptors (Lipinski definition) is 8. The van der Waals surface area contributed by atoms with Crippen LogP contribution in [0.4, 0.5) is 0 Å². The smallest absolute Gasteiger partial charge is 0.220 e. The van der Waals surface area contributed by atoms with Crippen LogP contribution in [0.3, 0.4) is 0 Å². The molecule has 47 heavy (non-hydrogen) atoms. The minimum Gasteiger partial charge on any atom is -0.394 e. The van der Waals surface area contributed by atoms with E-state index in [0.29, 0.717) is 12.8 Å². The Balaban J connectivity index is 2.41. The van der Waals surface area contributed by atoms with Gasteiger partial charge in [0.25, 0.3) is 0 Å². The second-order valence-corrected chi connectivity index (χ2v) is 14.1. The highest BCUT2D eigenvalue weighted by Gasteiger charge is 2.44. The molecule has 1 aliphatic rings. The first-order valence-corrected chi connectivity index (χ1v) is 19.7. The van der Waals surface area contributed by atoms with Crippen molar-refractivity contribution in [3.05, 3.63) is 0 Å². The molecule has 1 heterocycles. The average molecular weight is 674 g/mol. The van der Waals surface area contributed by atoms with Crippen LogP contribution < -0.4 is 5.32 Å². The summed E-state index contributed by atoms with van der Waals surface area (Å²) in [6.07, 6.45) is 22.5. The van der Waals surface area contributed by atoms with Gasteiger partial charge in [0.15, 0.2) is 6.29 Å². The Hall–Kier alpha value is -0.810. The maximum absolute atomic E-state index is 12.9. The Morgan fingerprint density at radius 3 is 1.51 bits per heavy atom. The largest absolute Gasteiger partial charge is 0.394 e. The summed E-state index contributed by atoms with van der Waals surface area (Å²) in [5.74, 6) is -0.146. The Kier molecular flexibility index (Phi) is 28.3.